The van der Waals surface area contributed by atoms with Gasteiger partial charge in [-0.2, -0.15) is 0 Å². The summed E-state index contributed by atoms with van der Waals surface area (Å²) in [4.78, 5) is 38.4. The average Bonchev–Trinajstić information content (AvgIpc) is 2.90. The van der Waals surface area contributed by atoms with Crippen LogP contribution in [-0.2, 0) is 22.7 Å². The molecule has 0 unspecified atom stereocenters. The van der Waals surface area contributed by atoms with Crippen LogP contribution < -0.4 is 4.74 Å². The molecule has 1 aliphatic rings. The topological polar surface area (TPSA) is 87.2 Å². The first-order valence-electron chi connectivity index (χ1n) is 8.30. The van der Waals surface area contributed by atoms with E-state index in [0.717, 1.165) is 10.0 Å². The third-order valence-corrected chi connectivity index (χ3v) is 4.86. The van der Waals surface area contributed by atoms with Crippen LogP contribution in [0.25, 0.3) is 0 Å². The molecule has 0 saturated carbocycles. The van der Waals surface area contributed by atoms with Crippen LogP contribution in [0.4, 0.5) is 4.79 Å². The molecule has 9 heteroatoms. The summed E-state index contributed by atoms with van der Waals surface area (Å²) in [6.45, 7) is -0.274. The number of benzene rings is 2. The number of amides is 3. The highest BCUT2D eigenvalue weighted by molar-refractivity contribution is 9.10. The lowest BCUT2D eigenvalue weighted by Crippen LogP contribution is -2.32. The number of urea groups is 1. The number of carboxylic acids is 1. The minimum atomic E-state index is -1.10. The zero-order chi connectivity index (χ0) is 20.3. The number of carboxylic acid groups (broad SMARTS) is 1. The zero-order valence-electron chi connectivity index (χ0n) is 14.6. The highest BCUT2D eigenvalue weighted by Crippen LogP contribution is 2.27. The maximum absolute atomic E-state index is 12.7. The van der Waals surface area contributed by atoms with Gasteiger partial charge in [-0.15, -0.1) is 0 Å². The van der Waals surface area contributed by atoms with E-state index < -0.39 is 18.6 Å². The molecule has 0 spiro atoms. The van der Waals surface area contributed by atoms with Crippen molar-refractivity contribution in [2.75, 3.05) is 13.2 Å². The smallest absolute Gasteiger partial charge is 0.341 e. The number of carbonyl (C=O) groups is 3. The van der Waals surface area contributed by atoms with Crippen molar-refractivity contribution in [1.29, 1.82) is 0 Å². The molecule has 1 aliphatic heterocycles. The van der Waals surface area contributed by atoms with E-state index in [1.165, 1.54) is 9.80 Å². The van der Waals surface area contributed by atoms with Crippen LogP contribution in [0.1, 0.15) is 11.1 Å². The van der Waals surface area contributed by atoms with Gasteiger partial charge >= 0.3 is 12.0 Å². The summed E-state index contributed by atoms with van der Waals surface area (Å²) in [6.07, 6.45) is 0. The summed E-state index contributed by atoms with van der Waals surface area (Å²) in [5.41, 5.74) is 1.39. The lowest BCUT2D eigenvalue weighted by Gasteiger charge is -2.19. The van der Waals surface area contributed by atoms with E-state index in [0.29, 0.717) is 16.3 Å². The second-order valence-corrected chi connectivity index (χ2v) is 7.53. The Labute approximate surface area is 174 Å². The van der Waals surface area contributed by atoms with Gasteiger partial charge in [-0.1, -0.05) is 39.7 Å². The highest BCUT2D eigenvalue weighted by Gasteiger charge is 2.36. The Morgan fingerprint density at radius 3 is 2.54 bits per heavy atom. The second kappa shape index (κ2) is 8.62. The molecule has 1 fully saturated rings. The van der Waals surface area contributed by atoms with E-state index in [2.05, 4.69) is 15.9 Å². The molecule has 0 radical (unpaired) electrons. The number of rotatable bonds is 7. The Hall–Kier alpha value is -2.58. The first kappa shape index (κ1) is 20.2. The van der Waals surface area contributed by atoms with Crippen LogP contribution >= 0.6 is 27.5 Å². The average molecular weight is 468 g/mol. The molecule has 0 atom stereocenters. The molecule has 0 bridgehead atoms. The van der Waals surface area contributed by atoms with Crippen LogP contribution in [0.15, 0.2) is 46.9 Å². The Morgan fingerprint density at radius 2 is 1.86 bits per heavy atom. The predicted molar refractivity (Wildman–Crippen MR) is 105 cm³/mol. The molecule has 0 aliphatic carbocycles. The summed E-state index contributed by atoms with van der Waals surface area (Å²) in [7, 11) is 0. The molecule has 2 aromatic rings. The van der Waals surface area contributed by atoms with Crippen LogP contribution in [0.3, 0.4) is 0 Å². The Balaban J connectivity index is 1.74. The number of halogens is 2. The first-order valence-corrected chi connectivity index (χ1v) is 9.47. The van der Waals surface area contributed by atoms with Gasteiger partial charge in [0, 0.05) is 15.1 Å². The number of carbonyl (C=O) groups excluding carboxylic acids is 2. The van der Waals surface area contributed by atoms with Gasteiger partial charge in [0.1, 0.15) is 12.3 Å². The van der Waals surface area contributed by atoms with Crippen molar-refractivity contribution in [2.45, 2.75) is 13.1 Å². The molecule has 1 saturated heterocycles. The van der Waals surface area contributed by atoms with Crippen molar-refractivity contribution in [1.82, 2.24) is 9.80 Å². The number of hydrogen-bond donors (Lipinski definition) is 1. The van der Waals surface area contributed by atoms with E-state index in [-0.39, 0.29) is 25.5 Å². The zero-order valence-corrected chi connectivity index (χ0v) is 16.9. The first-order chi connectivity index (χ1) is 13.3. The van der Waals surface area contributed by atoms with Crippen LogP contribution in [0, 0.1) is 0 Å². The third-order valence-electron chi connectivity index (χ3n) is 4.12. The summed E-state index contributed by atoms with van der Waals surface area (Å²) in [5.74, 6) is -1.06. The minimum Gasteiger partial charge on any atom is -0.482 e. The van der Waals surface area contributed by atoms with Gasteiger partial charge in [0.05, 0.1) is 13.1 Å². The standard InChI is InChI=1S/C19H16BrClN2O5/c20-14-3-6-16(28-11-18(25)26)13(7-14)9-22-10-17(24)23(19(22)27)8-12-1-4-15(21)5-2-12/h1-7H,8-11H2,(H,25,26). The van der Waals surface area contributed by atoms with E-state index in [9.17, 15) is 14.4 Å². The van der Waals surface area contributed by atoms with Crippen molar-refractivity contribution in [3.05, 3.63) is 63.1 Å². The lowest BCUT2D eigenvalue weighted by atomic mass is 10.2. The van der Waals surface area contributed by atoms with Gasteiger partial charge in [0.25, 0.3) is 5.91 Å². The Bertz CT molecular complexity index is 919. The molecule has 3 amide bonds. The fourth-order valence-corrected chi connectivity index (χ4v) is 3.34. The second-order valence-electron chi connectivity index (χ2n) is 6.18. The third kappa shape index (κ3) is 4.82. The fraction of sp³-hybridized carbons (Fsp3) is 0.211. The normalized spacial score (nSPS) is 13.9. The molecule has 0 aromatic heterocycles. The summed E-state index contributed by atoms with van der Waals surface area (Å²) in [5, 5.41) is 9.39. The molecule has 2 aromatic carbocycles. The number of nitrogens with zero attached hydrogens (tertiary/aromatic N) is 2. The van der Waals surface area contributed by atoms with Crippen LogP contribution in [-0.4, -0.2) is 46.0 Å². The summed E-state index contributed by atoms with van der Waals surface area (Å²) in [6, 6.07) is 11.6. The van der Waals surface area contributed by atoms with Gasteiger partial charge in [-0.05, 0) is 35.9 Å². The molecular weight excluding hydrogens is 452 g/mol. The predicted octanol–water partition coefficient (Wildman–Crippen LogP) is 3.53. The van der Waals surface area contributed by atoms with Crippen molar-refractivity contribution < 1.29 is 24.2 Å². The Morgan fingerprint density at radius 1 is 1.14 bits per heavy atom. The molecule has 1 N–H and O–H groups in total. The van der Waals surface area contributed by atoms with Crippen molar-refractivity contribution >= 4 is 45.4 Å². The van der Waals surface area contributed by atoms with E-state index in [1.54, 1.807) is 42.5 Å². The van der Waals surface area contributed by atoms with E-state index in [1.807, 2.05) is 0 Å². The van der Waals surface area contributed by atoms with Crippen molar-refractivity contribution in [3.8, 4) is 5.75 Å². The lowest BCUT2D eigenvalue weighted by molar-refractivity contribution is -0.139. The summed E-state index contributed by atoms with van der Waals surface area (Å²) < 4.78 is 6.04. The van der Waals surface area contributed by atoms with Crippen molar-refractivity contribution in [2.24, 2.45) is 0 Å². The molecular formula is C19H16BrClN2O5. The van der Waals surface area contributed by atoms with Gasteiger partial charge in [-0.3, -0.25) is 9.69 Å². The maximum Gasteiger partial charge on any atom is 0.341 e. The number of aliphatic carboxylic acids is 1. The Kier molecular flexibility index (Phi) is 6.21. The molecule has 146 valence electrons. The number of hydrogen-bond acceptors (Lipinski definition) is 4. The minimum absolute atomic E-state index is 0.0582. The molecule has 1 heterocycles. The number of ether oxygens (including phenoxy) is 1. The number of imide groups is 1. The maximum atomic E-state index is 12.7. The molecule has 3 rings (SSSR count). The summed E-state index contributed by atoms with van der Waals surface area (Å²) >= 11 is 9.21. The quantitative estimate of drug-likeness (QED) is 0.630. The SMILES string of the molecule is O=C(O)COc1ccc(Br)cc1CN1CC(=O)N(Cc2ccc(Cl)cc2)C1=O. The molecule has 7 nitrogen and oxygen atoms in total. The molecule has 28 heavy (non-hydrogen) atoms. The van der Waals surface area contributed by atoms with E-state index >= 15 is 0 Å². The van der Waals surface area contributed by atoms with Gasteiger partial charge in [0.2, 0.25) is 0 Å². The largest absolute Gasteiger partial charge is 0.482 e. The van der Waals surface area contributed by atoms with Crippen molar-refractivity contribution in [3.63, 3.8) is 0 Å². The van der Waals surface area contributed by atoms with Crippen LogP contribution in [0.2, 0.25) is 5.02 Å². The highest BCUT2D eigenvalue weighted by atomic mass is 79.9. The van der Waals surface area contributed by atoms with E-state index in [4.69, 9.17) is 21.4 Å². The fourth-order valence-electron chi connectivity index (χ4n) is 2.80. The van der Waals surface area contributed by atoms with Gasteiger partial charge < -0.3 is 14.7 Å². The van der Waals surface area contributed by atoms with Gasteiger partial charge in [-0.25, -0.2) is 9.59 Å². The van der Waals surface area contributed by atoms with Gasteiger partial charge in [0.15, 0.2) is 6.61 Å². The van der Waals surface area contributed by atoms with Crippen LogP contribution in [0.5, 0.6) is 5.75 Å². The monoisotopic (exact) mass is 466 g/mol.